The molecule has 0 bridgehead atoms. The molecule has 3 rings (SSSR count). The number of hydrogen-bond acceptors (Lipinski definition) is 3. The third kappa shape index (κ3) is 2.51. The molecular formula is C15H21N3S. The summed E-state index contributed by atoms with van der Waals surface area (Å²) in [5.41, 5.74) is 2.34. The summed E-state index contributed by atoms with van der Waals surface area (Å²) < 4.78 is 2.24. The van der Waals surface area contributed by atoms with E-state index in [-0.39, 0.29) is 0 Å². The molecule has 1 aliphatic rings. The summed E-state index contributed by atoms with van der Waals surface area (Å²) in [6.07, 6.45) is 2.35. The van der Waals surface area contributed by atoms with Gasteiger partial charge in [0.1, 0.15) is 5.82 Å². The van der Waals surface area contributed by atoms with Crippen LogP contribution in [-0.4, -0.2) is 34.1 Å². The third-order valence-electron chi connectivity index (χ3n) is 4.19. The first-order chi connectivity index (χ1) is 9.29. The molecule has 0 saturated carbocycles. The van der Waals surface area contributed by atoms with Crippen LogP contribution in [0, 0.1) is 5.92 Å². The maximum atomic E-state index is 4.79. The average molecular weight is 275 g/mol. The molecule has 2 heterocycles. The summed E-state index contributed by atoms with van der Waals surface area (Å²) in [5.74, 6) is 4.58. The molecule has 0 amide bonds. The van der Waals surface area contributed by atoms with Crippen molar-refractivity contribution in [1.29, 1.82) is 0 Å². The molecule has 1 aliphatic heterocycles. The average Bonchev–Trinajstić information content (AvgIpc) is 3.06. The Bertz CT molecular complexity index is 558. The largest absolute Gasteiger partial charge is 0.331 e. The predicted octanol–water partition coefficient (Wildman–Crippen LogP) is 2.46. The highest BCUT2D eigenvalue weighted by atomic mass is 32.2. The van der Waals surface area contributed by atoms with Gasteiger partial charge in [-0.2, -0.15) is 11.8 Å². The number of benzene rings is 1. The van der Waals surface area contributed by atoms with Crippen molar-refractivity contribution in [1.82, 2.24) is 14.9 Å². The first-order valence-electron chi connectivity index (χ1n) is 6.95. The van der Waals surface area contributed by atoms with Crippen molar-refractivity contribution in [2.45, 2.75) is 18.9 Å². The second kappa shape index (κ2) is 5.55. The van der Waals surface area contributed by atoms with Crippen LogP contribution in [0.5, 0.6) is 0 Å². The molecule has 2 atom stereocenters. The molecule has 19 heavy (non-hydrogen) atoms. The van der Waals surface area contributed by atoms with Crippen LogP contribution in [0.2, 0.25) is 0 Å². The van der Waals surface area contributed by atoms with Crippen LogP contribution in [0.4, 0.5) is 0 Å². The maximum absolute atomic E-state index is 4.79. The Morgan fingerprint density at radius 2 is 2.32 bits per heavy atom. The number of likely N-dealkylation sites (N-methyl/N-ethyl adjacent to an activating group) is 1. The van der Waals surface area contributed by atoms with Crippen molar-refractivity contribution >= 4 is 22.8 Å². The molecule has 1 saturated heterocycles. The van der Waals surface area contributed by atoms with Gasteiger partial charge in [-0.1, -0.05) is 12.1 Å². The van der Waals surface area contributed by atoms with E-state index < -0.39 is 0 Å². The zero-order valence-corrected chi connectivity index (χ0v) is 12.4. The smallest absolute Gasteiger partial charge is 0.111 e. The molecule has 0 spiro atoms. The summed E-state index contributed by atoms with van der Waals surface area (Å²) in [6.45, 7) is 0. The van der Waals surface area contributed by atoms with Crippen LogP contribution in [0.25, 0.3) is 11.0 Å². The quantitative estimate of drug-likeness (QED) is 0.929. The lowest BCUT2D eigenvalue weighted by Gasteiger charge is -2.22. The molecule has 2 unspecified atom stereocenters. The normalized spacial score (nSPS) is 21.1. The van der Waals surface area contributed by atoms with Crippen molar-refractivity contribution in [3.63, 3.8) is 0 Å². The van der Waals surface area contributed by atoms with E-state index in [4.69, 9.17) is 4.98 Å². The maximum Gasteiger partial charge on any atom is 0.111 e. The van der Waals surface area contributed by atoms with Gasteiger partial charge in [0.2, 0.25) is 0 Å². The minimum absolute atomic E-state index is 0.547. The number of rotatable bonds is 4. The van der Waals surface area contributed by atoms with Gasteiger partial charge in [-0.05, 0) is 43.0 Å². The Labute approximate surface area is 118 Å². The lowest BCUT2D eigenvalue weighted by Crippen LogP contribution is -2.36. The molecule has 2 aromatic rings. The second-order valence-corrected chi connectivity index (χ2v) is 6.45. The van der Waals surface area contributed by atoms with Gasteiger partial charge in [0, 0.05) is 19.5 Å². The molecule has 102 valence electrons. The van der Waals surface area contributed by atoms with Crippen LogP contribution < -0.4 is 5.32 Å². The molecule has 1 fully saturated rings. The van der Waals surface area contributed by atoms with E-state index in [2.05, 4.69) is 60.0 Å². The van der Waals surface area contributed by atoms with Gasteiger partial charge in [-0.3, -0.25) is 0 Å². The van der Waals surface area contributed by atoms with E-state index in [0.717, 1.165) is 17.9 Å². The Morgan fingerprint density at radius 3 is 3.00 bits per heavy atom. The van der Waals surface area contributed by atoms with E-state index in [1.165, 1.54) is 29.3 Å². The van der Waals surface area contributed by atoms with Crippen LogP contribution >= 0.6 is 11.8 Å². The number of fused-ring (bicyclic) bond motifs is 1. The number of aromatic nitrogens is 2. The van der Waals surface area contributed by atoms with Crippen LogP contribution in [0.3, 0.4) is 0 Å². The number of para-hydroxylation sites is 2. The van der Waals surface area contributed by atoms with Gasteiger partial charge in [0.05, 0.1) is 11.0 Å². The SMILES string of the molecule is CNC(Cc1nc2ccccc2n1C)C1CCSC1. The van der Waals surface area contributed by atoms with Crippen molar-refractivity contribution in [2.75, 3.05) is 18.6 Å². The van der Waals surface area contributed by atoms with E-state index >= 15 is 0 Å². The van der Waals surface area contributed by atoms with Crippen molar-refractivity contribution in [3.8, 4) is 0 Å². The number of nitrogens with zero attached hydrogens (tertiary/aromatic N) is 2. The molecular weight excluding hydrogens is 254 g/mol. The molecule has 1 N–H and O–H groups in total. The number of imidazole rings is 1. The van der Waals surface area contributed by atoms with E-state index in [1.54, 1.807) is 0 Å². The first kappa shape index (κ1) is 13.0. The fourth-order valence-corrected chi connectivity index (χ4v) is 4.29. The van der Waals surface area contributed by atoms with Crippen LogP contribution in [0.15, 0.2) is 24.3 Å². The highest BCUT2D eigenvalue weighted by molar-refractivity contribution is 7.99. The van der Waals surface area contributed by atoms with Gasteiger partial charge < -0.3 is 9.88 Å². The topological polar surface area (TPSA) is 29.9 Å². The predicted molar refractivity (Wildman–Crippen MR) is 82.7 cm³/mol. The summed E-state index contributed by atoms with van der Waals surface area (Å²) in [7, 11) is 4.21. The molecule has 0 radical (unpaired) electrons. The summed E-state index contributed by atoms with van der Waals surface area (Å²) in [4.78, 5) is 4.79. The number of nitrogens with one attached hydrogen (secondary N) is 1. The molecule has 3 nitrogen and oxygen atoms in total. The number of aryl methyl sites for hydroxylation is 1. The van der Waals surface area contributed by atoms with E-state index in [1.807, 2.05) is 0 Å². The van der Waals surface area contributed by atoms with Gasteiger partial charge >= 0.3 is 0 Å². The number of hydrogen-bond donors (Lipinski definition) is 1. The zero-order chi connectivity index (χ0) is 13.2. The van der Waals surface area contributed by atoms with Crippen molar-refractivity contribution < 1.29 is 0 Å². The standard InChI is InChI=1S/C15H21N3S/c1-16-13(11-7-8-19-10-11)9-15-17-12-5-3-4-6-14(12)18(15)2/h3-6,11,13,16H,7-10H2,1-2H3. The van der Waals surface area contributed by atoms with Gasteiger partial charge in [-0.15, -0.1) is 0 Å². The van der Waals surface area contributed by atoms with E-state index in [9.17, 15) is 0 Å². The lowest BCUT2D eigenvalue weighted by molar-refractivity contribution is 0.395. The van der Waals surface area contributed by atoms with Gasteiger partial charge in [0.15, 0.2) is 0 Å². The Balaban J connectivity index is 1.85. The molecule has 1 aromatic carbocycles. The molecule has 4 heteroatoms. The van der Waals surface area contributed by atoms with Crippen molar-refractivity contribution in [2.24, 2.45) is 13.0 Å². The van der Waals surface area contributed by atoms with Crippen LogP contribution in [0.1, 0.15) is 12.2 Å². The Kier molecular flexibility index (Phi) is 3.80. The van der Waals surface area contributed by atoms with E-state index in [0.29, 0.717) is 6.04 Å². The minimum atomic E-state index is 0.547. The monoisotopic (exact) mass is 275 g/mol. The van der Waals surface area contributed by atoms with Crippen LogP contribution in [-0.2, 0) is 13.5 Å². The lowest BCUT2D eigenvalue weighted by atomic mass is 9.96. The summed E-state index contributed by atoms with van der Waals surface area (Å²) in [6, 6.07) is 8.93. The van der Waals surface area contributed by atoms with Gasteiger partial charge in [-0.25, -0.2) is 4.98 Å². The first-order valence-corrected chi connectivity index (χ1v) is 8.10. The highest BCUT2D eigenvalue weighted by Gasteiger charge is 2.25. The van der Waals surface area contributed by atoms with Gasteiger partial charge in [0.25, 0.3) is 0 Å². The Morgan fingerprint density at radius 1 is 1.47 bits per heavy atom. The summed E-state index contributed by atoms with van der Waals surface area (Å²) in [5, 5.41) is 3.50. The number of thioether (sulfide) groups is 1. The highest BCUT2D eigenvalue weighted by Crippen LogP contribution is 2.28. The third-order valence-corrected chi connectivity index (χ3v) is 5.38. The molecule has 0 aliphatic carbocycles. The molecule has 1 aromatic heterocycles. The fraction of sp³-hybridized carbons (Fsp3) is 0.533. The zero-order valence-electron chi connectivity index (χ0n) is 11.6. The second-order valence-electron chi connectivity index (χ2n) is 5.30. The fourth-order valence-electron chi connectivity index (χ4n) is 2.95. The Hall–Kier alpha value is -1.000. The van der Waals surface area contributed by atoms with Crippen molar-refractivity contribution in [3.05, 3.63) is 30.1 Å². The summed E-state index contributed by atoms with van der Waals surface area (Å²) >= 11 is 2.08. The minimum Gasteiger partial charge on any atom is -0.331 e.